The highest BCUT2D eigenvalue weighted by Crippen LogP contribution is 2.24. The van der Waals surface area contributed by atoms with Crippen molar-refractivity contribution in [3.63, 3.8) is 0 Å². The fourth-order valence-corrected chi connectivity index (χ4v) is 2.61. The molecule has 0 fully saturated rings. The van der Waals surface area contributed by atoms with E-state index in [1.807, 2.05) is 36.4 Å². The number of hydrogen-bond acceptors (Lipinski definition) is 3. The maximum absolute atomic E-state index is 6.05. The number of rotatable bonds is 5. The Morgan fingerprint density at radius 1 is 1.23 bits per heavy atom. The van der Waals surface area contributed by atoms with Crippen molar-refractivity contribution in [2.75, 3.05) is 12.8 Å². The maximum atomic E-state index is 6.05. The number of benzene rings is 2. The molecule has 0 saturated heterocycles. The van der Waals surface area contributed by atoms with Gasteiger partial charge in [0, 0.05) is 13.0 Å². The predicted octanol–water partition coefficient (Wildman–Crippen LogP) is 3.40. The van der Waals surface area contributed by atoms with Gasteiger partial charge in [-0.2, -0.15) is 0 Å². The monoisotopic (exact) mass is 293 g/mol. The number of anilines is 1. The van der Waals surface area contributed by atoms with E-state index in [0.29, 0.717) is 12.2 Å². The molecule has 0 atom stereocenters. The van der Waals surface area contributed by atoms with Crippen molar-refractivity contribution < 1.29 is 4.74 Å². The molecule has 0 aliphatic carbocycles. The van der Waals surface area contributed by atoms with Crippen LogP contribution in [-0.4, -0.2) is 16.7 Å². The van der Waals surface area contributed by atoms with Gasteiger partial charge >= 0.3 is 0 Å². The summed E-state index contributed by atoms with van der Waals surface area (Å²) in [5.41, 5.74) is 9.83. The van der Waals surface area contributed by atoms with Gasteiger partial charge < -0.3 is 15.0 Å². The van der Waals surface area contributed by atoms with Gasteiger partial charge in [-0.05, 0) is 29.8 Å². The maximum Gasteiger partial charge on any atom is 0.118 e. The topological polar surface area (TPSA) is 53.1 Å². The molecule has 3 aromatic rings. The Morgan fingerprint density at radius 2 is 2.00 bits per heavy atom. The van der Waals surface area contributed by atoms with Crippen molar-refractivity contribution in [1.82, 2.24) is 9.55 Å². The third-order valence-electron chi connectivity index (χ3n) is 3.72. The van der Waals surface area contributed by atoms with Gasteiger partial charge in [-0.15, -0.1) is 6.58 Å². The second-order valence-electron chi connectivity index (χ2n) is 5.17. The summed E-state index contributed by atoms with van der Waals surface area (Å²) < 4.78 is 7.35. The van der Waals surface area contributed by atoms with E-state index < -0.39 is 0 Å². The molecular weight excluding hydrogens is 274 g/mol. The fraction of sp³-hybridized carbons (Fsp3) is 0.167. The zero-order valence-electron chi connectivity index (χ0n) is 12.6. The lowest BCUT2D eigenvalue weighted by atomic mass is 10.1. The van der Waals surface area contributed by atoms with Crippen LogP contribution in [0.4, 0.5) is 5.69 Å². The number of nitrogen functional groups attached to an aromatic ring is 1. The van der Waals surface area contributed by atoms with Crippen molar-refractivity contribution in [2.24, 2.45) is 0 Å². The van der Waals surface area contributed by atoms with Crippen LogP contribution in [-0.2, 0) is 13.0 Å². The third kappa shape index (κ3) is 2.55. The first-order valence-electron chi connectivity index (χ1n) is 7.20. The van der Waals surface area contributed by atoms with E-state index in [9.17, 15) is 0 Å². The summed E-state index contributed by atoms with van der Waals surface area (Å²) in [7, 11) is 1.67. The normalized spacial score (nSPS) is 10.8. The summed E-state index contributed by atoms with van der Waals surface area (Å²) in [4.78, 5) is 4.73. The van der Waals surface area contributed by atoms with E-state index in [1.54, 1.807) is 7.11 Å². The van der Waals surface area contributed by atoms with Crippen molar-refractivity contribution in [3.05, 3.63) is 66.5 Å². The number of fused-ring (bicyclic) bond motifs is 1. The highest BCUT2D eigenvalue weighted by atomic mass is 16.5. The number of para-hydroxylation sites is 1. The minimum atomic E-state index is 0.705. The minimum Gasteiger partial charge on any atom is -0.497 e. The second kappa shape index (κ2) is 5.93. The molecule has 2 N–H and O–H groups in total. The van der Waals surface area contributed by atoms with Gasteiger partial charge in [0.25, 0.3) is 0 Å². The molecule has 4 heteroatoms. The number of ether oxygens (including phenoxy) is 1. The second-order valence-corrected chi connectivity index (χ2v) is 5.17. The lowest BCUT2D eigenvalue weighted by Crippen LogP contribution is -2.03. The number of aromatic nitrogens is 2. The SMILES string of the molecule is C=CCn1c(Cc2ccc(OC)cc2)nc2c(N)cccc21. The van der Waals surface area contributed by atoms with Crippen LogP contribution in [0.2, 0.25) is 0 Å². The molecule has 0 unspecified atom stereocenters. The van der Waals surface area contributed by atoms with Crippen LogP contribution in [0.1, 0.15) is 11.4 Å². The van der Waals surface area contributed by atoms with Crippen LogP contribution in [0.5, 0.6) is 5.75 Å². The van der Waals surface area contributed by atoms with Crippen LogP contribution in [0.3, 0.4) is 0 Å². The molecule has 2 aromatic carbocycles. The van der Waals surface area contributed by atoms with Crippen LogP contribution >= 0.6 is 0 Å². The molecule has 1 aromatic heterocycles. The third-order valence-corrected chi connectivity index (χ3v) is 3.72. The Kier molecular flexibility index (Phi) is 3.83. The van der Waals surface area contributed by atoms with E-state index in [1.165, 1.54) is 5.56 Å². The highest BCUT2D eigenvalue weighted by molar-refractivity contribution is 5.87. The first-order valence-corrected chi connectivity index (χ1v) is 7.20. The molecule has 0 saturated carbocycles. The summed E-state index contributed by atoms with van der Waals surface area (Å²) in [6.07, 6.45) is 2.62. The van der Waals surface area contributed by atoms with E-state index in [2.05, 4.69) is 23.3 Å². The summed E-state index contributed by atoms with van der Waals surface area (Å²) in [6, 6.07) is 13.9. The average Bonchev–Trinajstić information content (AvgIpc) is 2.88. The largest absolute Gasteiger partial charge is 0.497 e. The van der Waals surface area contributed by atoms with Gasteiger partial charge in [0.2, 0.25) is 0 Å². The van der Waals surface area contributed by atoms with Gasteiger partial charge in [0.15, 0.2) is 0 Å². The zero-order chi connectivity index (χ0) is 15.5. The predicted molar refractivity (Wildman–Crippen MR) is 90.1 cm³/mol. The van der Waals surface area contributed by atoms with Crippen LogP contribution in [0, 0.1) is 0 Å². The first-order chi connectivity index (χ1) is 10.7. The molecule has 0 aliphatic rings. The van der Waals surface area contributed by atoms with Crippen LogP contribution in [0.25, 0.3) is 11.0 Å². The average molecular weight is 293 g/mol. The molecule has 3 rings (SSSR count). The molecule has 22 heavy (non-hydrogen) atoms. The molecule has 0 radical (unpaired) electrons. The molecule has 112 valence electrons. The molecule has 0 amide bonds. The molecule has 0 aliphatic heterocycles. The first kappa shape index (κ1) is 14.2. The number of allylic oxidation sites excluding steroid dienone is 1. The van der Waals surface area contributed by atoms with Crippen molar-refractivity contribution >= 4 is 16.7 Å². The minimum absolute atomic E-state index is 0.705. The van der Waals surface area contributed by atoms with Crippen molar-refractivity contribution in [3.8, 4) is 5.75 Å². The number of nitrogens with two attached hydrogens (primary N) is 1. The fourth-order valence-electron chi connectivity index (χ4n) is 2.61. The van der Waals surface area contributed by atoms with Gasteiger partial charge in [-0.1, -0.05) is 24.3 Å². The lowest BCUT2D eigenvalue weighted by Gasteiger charge is -2.07. The summed E-state index contributed by atoms with van der Waals surface area (Å²) in [5, 5.41) is 0. The lowest BCUT2D eigenvalue weighted by molar-refractivity contribution is 0.414. The molecule has 1 heterocycles. The Morgan fingerprint density at radius 3 is 2.68 bits per heavy atom. The quantitative estimate of drug-likeness (QED) is 0.579. The van der Waals surface area contributed by atoms with Crippen LogP contribution in [0.15, 0.2) is 55.1 Å². The number of imidazole rings is 1. The Hall–Kier alpha value is -2.75. The van der Waals surface area contributed by atoms with Crippen molar-refractivity contribution in [1.29, 1.82) is 0 Å². The van der Waals surface area contributed by atoms with Gasteiger partial charge in [0.05, 0.1) is 18.3 Å². The van der Waals surface area contributed by atoms with E-state index in [-0.39, 0.29) is 0 Å². The summed E-state index contributed by atoms with van der Waals surface area (Å²) in [5.74, 6) is 1.84. The van der Waals surface area contributed by atoms with Gasteiger partial charge in [-0.3, -0.25) is 0 Å². The zero-order valence-corrected chi connectivity index (χ0v) is 12.6. The highest BCUT2D eigenvalue weighted by Gasteiger charge is 2.12. The standard InChI is InChI=1S/C18H19N3O/c1-3-11-21-16-6-4-5-15(19)18(16)20-17(21)12-13-7-9-14(22-2)10-8-13/h3-10H,1,11-12,19H2,2H3. The van der Waals surface area contributed by atoms with E-state index in [4.69, 9.17) is 15.5 Å². The summed E-state index contributed by atoms with van der Waals surface area (Å²) >= 11 is 0. The molecule has 4 nitrogen and oxygen atoms in total. The molecular formula is C18H19N3O. The Labute approximate surface area is 129 Å². The van der Waals surface area contributed by atoms with E-state index in [0.717, 1.165) is 29.0 Å². The smallest absolute Gasteiger partial charge is 0.118 e. The Balaban J connectivity index is 2.03. The molecule has 0 bridgehead atoms. The number of nitrogens with zero attached hydrogens (tertiary/aromatic N) is 2. The van der Waals surface area contributed by atoms with Crippen LogP contribution < -0.4 is 10.5 Å². The van der Waals surface area contributed by atoms with E-state index >= 15 is 0 Å². The van der Waals surface area contributed by atoms with Crippen molar-refractivity contribution in [2.45, 2.75) is 13.0 Å². The number of methoxy groups -OCH3 is 1. The molecule has 0 spiro atoms. The summed E-state index contributed by atoms with van der Waals surface area (Å²) in [6.45, 7) is 4.55. The van der Waals surface area contributed by atoms with Gasteiger partial charge in [0.1, 0.15) is 17.1 Å². The van der Waals surface area contributed by atoms with Gasteiger partial charge in [-0.25, -0.2) is 4.98 Å². The Bertz CT molecular complexity index is 803. The number of hydrogen-bond donors (Lipinski definition) is 1.